The van der Waals surface area contributed by atoms with Gasteiger partial charge in [-0.15, -0.1) is 58.0 Å². The zero-order valence-corrected chi connectivity index (χ0v) is 54.3. The van der Waals surface area contributed by atoms with Crippen LogP contribution in [0.2, 0.25) is 0 Å². The number of rotatable bonds is 34. The standard InChI is InChI=1S/C73H88O2S6/c1-7-11-15-19-23-52-27-33-56(34-28-52)48-76-72(81-67-40-39-55(41-51(67)5)26-22-18-14-10-4)68-61-44-64-62(45-63(61)70-65(68)42-59(46-74)79-70)69(66-43-60(47-75)80-71(64)66)73(6,77-49-57-35-29-53(30-36-57)24-20-16-12-8-2)78-50-58-37-31-54(32-38-58)25-21-17-13-9-3/h27-40,42-47,51,69H,7-26,41,48-50H2,1-6H3/b72-68-. The molecule has 428 valence electrons. The van der Waals surface area contributed by atoms with Crippen molar-refractivity contribution in [1.29, 1.82) is 0 Å². The topological polar surface area (TPSA) is 34.1 Å². The molecule has 0 saturated carbocycles. The molecule has 6 aromatic rings. The van der Waals surface area contributed by atoms with Crippen LogP contribution in [0.4, 0.5) is 0 Å². The maximum atomic E-state index is 12.9. The number of unbranched alkanes of at least 4 members (excludes halogenated alkanes) is 12. The molecule has 0 amide bonds. The van der Waals surface area contributed by atoms with E-state index in [-0.39, 0.29) is 10.00 Å². The summed E-state index contributed by atoms with van der Waals surface area (Å²) in [7, 11) is 0. The molecular formula is C73H88O2S6. The molecule has 0 spiro atoms. The summed E-state index contributed by atoms with van der Waals surface area (Å²) in [6.07, 6.45) is 33.1. The maximum absolute atomic E-state index is 12.9. The van der Waals surface area contributed by atoms with Crippen molar-refractivity contribution < 1.29 is 9.59 Å². The summed E-state index contributed by atoms with van der Waals surface area (Å²) in [6.45, 7) is 14.0. The highest BCUT2D eigenvalue weighted by Crippen LogP contribution is 2.64. The number of hydrogen-bond donors (Lipinski definition) is 0. The van der Waals surface area contributed by atoms with E-state index in [1.807, 2.05) is 23.5 Å². The summed E-state index contributed by atoms with van der Waals surface area (Å²) in [6, 6.07) is 37.8. The second-order valence-corrected chi connectivity index (χ2v) is 30.9. The molecule has 2 nitrogen and oxygen atoms in total. The van der Waals surface area contributed by atoms with Gasteiger partial charge in [-0.3, -0.25) is 9.59 Å². The fourth-order valence-corrected chi connectivity index (χ4v) is 19.5. The number of aldehydes is 2. The Morgan fingerprint density at radius 3 is 1.49 bits per heavy atom. The van der Waals surface area contributed by atoms with Gasteiger partial charge in [-0.25, -0.2) is 0 Å². The van der Waals surface area contributed by atoms with Crippen LogP contribution in [-0.2, 0) is 36.5 Å². The van der Waals surface area contributed by atoms with Crippen molar-refractivity contribution in [3.8, 4) is 20.9 Å². The van der Waals surface area contributed by atoms with Gasteiger partial charge in [-0.05, 0) is 155 Å². The lowest BCUT2D eigenvalue weighted by atomic mass is 9.91. The Balaban J connectivity index is 1.11. The number of hydrogen-bond acceptors (Lipinski definition) is 8. The number of carbonyl (C=O) groups is 2. The molecule has 9 rings (SSSR count). The Bertz CT molecular complexity index is 3050. The van der Waals surface area contributed by atoms with Crippen LogP contribution in [0.5, 0.6) is 0 Å². The summed E-state index contributed by atoms with van der Waals surface area (Å²) in [4.78, 5) is 31.2. The first-order valence-corrected chi connectivity index (χ1v) is 36.4. The highest BCUT2D eigenvalue weighted by atomic mass is 32.2. The minimum atomic E-state index is -0.301. The van der Waals surface area contributed by atoms with Crippen molar-refractivity contribution in [3.63, 3.8) is 0 Å². The zero-order valence-electron chi connectivity index (χ0n) is 49.4. The molecule has 81 heavy (non-hydrogen) atoms. The van der Waals surface area contributed by atoms with Crippen LogP contribution in [0.15, 0.2) is 124 Å². The summed E-state index contributed by atoms with van der Waals surface area (Å²) in [5.74, 6) is 3.09. The van der Waals surface area contributed by atoms with E-state index in [0.29, 0.717) is 5.92 Å². The predicted octanol–water partition coefficient (Wildman–Crippen LogP) is 23.7. The van der Waals surface area contributed by atoms with Crippen molar-refractivity contribution in [2.24, 2.45) is 5.92 Å². The molecule has 4 aromatic carbocycles. The molecule has 0 N–H and O–H groups in total. The summed E-state index contributed by atoms with van der Waals surface area (Å²) in [5, 5.41) is 0. The van der Waals surface area contributed by atoms with Gasteiger partial charge in [0.1, 0.15) is 0 Å². The quantitative estimate of drug-likeness (QED) is 0.0227. The Hall–Kier alpha value is -3.76. The average Bonchev–Trinajstić information content (AvgIpc) is 4.38. The minimum absolute atomic E-state index is 0.0273. The van der Waals surface area contributed by atoms with Crippen LogP contribution in [0, 0.1) is 5.92 Å². The Labute approximate surface area is 513 Å². The monoisotopic (exact) mass is 1190 g/mol. The smallest absolute Gasteiger partial charge is 0.160 e. The number of allylic oxidation sites excluding steroid dienone is 4. The second kappa shape index (κ2) is 30.9. The molecule has 0 radical (unpaired) electrons. The SMILES string of the molecule is CCCCCCC1=CC=C(S/C(SCc2ccc(CCCCCC)cc2)=C2/c3cc4c(cc3-c3sc(C=O)cc32)C(C(C)(SCc2ccc(CCCCCC)cc2)SCc2ccc(CCCCCC)cc2)c2cc(C=O)sc2-4)C(C)C1. The second-order valence-electron chi connectivity index (χ2n) is 23.3. The van der Waals surface area contributed by atoms with Gasteiger partial charge in [0, 0.05) is 49.6 Å². The Morgan fingerprint density at radius 1 is 0.506 bits per heavy atom. The number of carbonyl (C=O) groups excluding carboxylic acids is 2. The molecule has 0 fully saturated rings. The lowest BCUT2D eigenvalue weighted by Gasteiger charge is -2.36. The molecule has 0 saturated heterocycles. The van der Waals surface area contributed by atoms with Crippen LogP contribution in [0.1, 0.15) is 238 Å². The van der Waals surface area contributed by atoms with E-state index in [9.17, 15) is 9.59 Å². The lowest BCUT2D eigenvalue weighted by molar-refractivity contribution is 0.111. The van der Waals surface area contributed by atoms with Crippen LogP contribution < -0.4 is 0 Å². The third-order valence-corrected chi connectivity index (χ3v) is 25.1. The first kappa shape index (κ1) is 61.8. The van der Waals surface area contributed by atoms with Gasteiger partial charge < -0.3 is 0 Å². The van der Waals surface area contributed by atoms with Crippen LogP contribution >= 0.6 is 69.7 Å². The molecule has 2 atom stereocenters. The Morgan fingerprint density at radius 2 is 0.988 bits per heavy atom. The van der Waals surface area contributed by atoms with E-state index in [0.717, 1.165) is 65.3 Å². The number of fused-ring (bicyclic) bond motifs is 6. The molecule has 8 heteroatoms. The highest BCUT2D eigenvalue weighted by molar-refractivity contribution is 8.24. The van der Waals surface area contributed by atoms with E-state index in [1.165, 1.54) is 200 Å². The molecule has 3 aliphatic rings. The molecule has 3 aliphatic carbocycles. The van der Waals surface area contributed by atoms with Crippen molar-refractivity contribution in [3.05, 3.63) is 189 Å². The molecule has 2 unspecified atom stereocenters. The zero-order chi connectivity index (χ0) is 56.6. The van der Waals surface area contributed by atoms with Gasteiger partial charge in [-0.2, -0.15) is 0 Å². The largest absolute Gasteiger partial charge is 0.297 e. The number of aryl methyl sites for hydroxylation is 3. The number of thioether (sulfide) groups is 4. The molecular weight excluding hydrogens is 1100 g/mol. The maximum Gasteiger partial charge on any atom is 0.160 e. The fraction of sp³-hybridized carbons (Fsp3) is 0.452. The van der Waals surface area contributed by atoms with Crippen molar-refractivity contribution in [2.75, 3.05) is 0 Å². The van der Waals surface area contributed by atoms with Gasteiger partial charge in [0.25, 0.3) is 0 Å². The van der Waals surface area contributed by atoms with Gasteiger partial charge in [0.05, 0.1) is 18.1 Å². The number of benzene rings is 4. The van der Waals surface area contributed by atoms with Gasteiger partial charge >= 0.3 is 0 Å². The van der Waals surface area contributed by atoms with Gasteiger partial charge in [0.2, 0.25) is 0 Å². The van der Waals surface area contributed by atoms with Crippen molar-refractivity contribution >= 4 is 87.9 Å². The molecule has 2 aromatic heterocycles. The normalized spacial score (nSPS) is 16.0. The van der Waals surface area contributed by atoms with Crippen molar-refractivity contribution in [1.82, 2.24) is 0 Å². The summed E-state index contributed by atoms with van der Waals surface area (Å²) >= 11 is 11.4. The van der Waals surface area contributed by atoms with Crippen LogP contribution in [-0.4, -0.2) is 16.7 Å². The number of thiophene rings is 2. The lowest BCUT2D eigenvalue weighted by Crippen LogP contribution is -2.26. The predicted molar refractivity (Wildman–Crippen MR) is 363 cm³/mol. The van der Waals surface area contributed by atoms with E-state index >= 15 is 0 Å². The van der Waals surface area contributed by atoms with Crippen LogP contribution in [0.25, 0.3) is 26.5 Å². The first-order chi connectivity index (χ1) is 39.6. The van der Waals surface area contributed by atoms with Gasteiger partial charge in [-0.1, -0.05) is 214 Å². The van der Waals surface area contributed by atoms with E-state index in [4.69, 9.17) is 0 Å². The van der Waals surface area contributed by atoms with Crippen molar-refractivity contribution in [2.45, 2.75) is 204 Å². The first-order valence-electron chi connectivity index (χ1n) is 31.0. The minimum Gasteiger partial charge on any atom is -0.297 e. The average molecular weight is 1190 g/mol. The summed E-state index contributed by atoms with van der Waals surface area (Å²) in [5.41, 5.74) is 18.7. The Kier molecular flexibility index (Phi) is 23.5. The molecule has 0 aliphatic heterocycles. The summed E-state index contributed by atoms with van der Waals surface area (Å²) < 4.78 is 1.00. The van der Waals surface area contributed by atoms with E-state index in [2.05, 4.69) is 174 Å². The van der Waals surface area contributed by atoms with Gasteiger partial charge in [0.15, 0.2) is 12.6 Å². The third kappa shape index (κ3) is 16.0. The fourth-order valence-electron chi connectivity index (χ4n) is 12.1. The molecule has 0 bridgehead atoms. The highest BCUT2D eigenvalue weighted by Gasteiger charge is 2.46. The van der Waals surface area contributed by atoms with Crippen LogP contribution in [0.3, 0.4) is 0 Å². The third-order valence-electron chi connectivity index (χ3n) is 16.9. The molecule has 2 heterocycles. The van der Waals surface area contributed by atoms with E-state index in [1.54, 1.807) is 28.2 Å². The van der Waals surface area contributed by atoms with E-state index < -0.39 is 0 Å².